The quantitative estimate of drug-likeness (QED) is 0.229. The van der Waals surface area contributed by atoms with E-state index in [9.17, 15) is 14.4 Å². The SMILES string of the molecule is Cl.NCC1CCC(C(=O)N(C(=O)[C@@H](N)Cc2ccc(-c3ccnc(N4CCOCC4)c3)cc2)c2ccc3c(=O)[nH][nH]c3c2)CC1. The summed E-state index contributed by atoms with van der Waals surface area (Å²) in [5, 5.41) is 5.82. The number of anilines is 2. The van der Waals surface area contributed by atoms with Crippen molar-refractivity contribution in [3.05, 3.63) is 76.7 Å². The van der Waals surface area contributed by atoms with Crippen molar-refractivity contribution in [1.82, 2.24) is 15.2 Å². The van der Waals surface area contributed by atoms with Crippen LogP contribution < -0.4 is 26.8 Å². The number of rotatable bonds is 8. The first-order valence-corrected chi connectivity index (χ1v) is 15.3. The number of hydrogen-bond acceptors (Lipinski definition) is 8. The Hall–Kier alpha value is -4.03. The first kappa shape index (κ1) is 32.4. The highest BCUT2D eigenvalue weighted by Crippen LogP contribution is 2.32. The van der Waals surface area contributed by atoms with E-state index in [0.29, 0.717) is 55.1 Å². The van der Waals surface area contributed by atoms with Gasteiger partial charge in [-0.1, -0.05) is 24.3 Å². The maximum atomic E-state index is 13.9. The predicted molar refractivity (Wildman–Crippen MR) is 178 cm³/mol. The van der Waals surface area contributed by atoms with E-state index in [1.54, 1.807) is 18.2 Å². The topological polar surface area (TPSA) is 163 Å². The second-order valence-corrected chi connectivity index (χ2v) is 11.8. The highest BCUT2D eigenvalue weighted by Gasteiger charge is 2.35. The number of fused-ring (bicyclic) bond motifs is 1. The molecule has 3 heterocycles. The van der Waals surface area contributed by atoms with E-state index in [1.807, 2.05) is 36.5 Å². The van der Waals surface area contributed by atoms with Gasteiger partial charge in [0.15, 0.2) is 0 Å². The third-order valence-electron chi connectivity index (χ3n) is 8.93. The number of nitrogens with zero attached hydrogens (tertiary/aromatic N) is 3. The normalized spacial score (nSPS) is 19.1. The summed E-state index contributed by atoms with van der Waals surface area (Å²) < 4.78 is 5.46. The molecule has 2 fully saturated rings. The zero-order valence-electron chi connectivity index (χ0n) is 25.1. The predicted octanol–water partition coefficient (Wildman–Crippen LogP) is 3.37. The molecule has 1 saturated carbocycles. The number of halogens is 1. The van der Waals surface area contributed by atoms with E-state index in [1.165, 1.54) is 4.90 Å². The fourth-order valence-electron chi connectivity index (χ4n) is 6.26. The lowest BCUT2D eigenvalue weighted by molar-refractivity contribution is -0.130. The fraction of sp³-hybridized carbons (Fsp3) is 0.394. The highest BCUT2D eigenvalue weighted by atomic mass is 35.5. The summed E-state index contributed by atoms with van der Waals surface area (Å²) in [6.45, 7) is 3.61. The molecule has 0 spiro atoms. The van der Waals surface area contributed by atoms with Gasteiger partial charge in [0.2, 0.25) is 5.91 Å². The molecule has 2 aromatic heterocycles. The number of ether oxygens (including phenoxy) is 1. The minimum Gasteiger partial charge on any atom is -0.378 e. The first-order valence-electron chi connectivity index (χ1n) is 15.3. The molecule has 0 radical (unpaired) electrons. The number of nitrogens with one attached hydrogen (secondary N) is 2. The molecule has 1 atom stereocenters. The molecule has 45 heavy (non-hydrogen) atoms. The number of aromatic nitrogens is 3. The van der Waals surface area contributed by atoms with Gasteiger partial charge >= 0.3 is 0 Å². The Morgan fingerprint density at radius 1 is 0.978 bits per heavy atom. The first-order chi connectivity index (χ1) is 21.4. The summed E-state index contributed by atoms with van der Waals surface area (Å²) in [5.41, 5.74) is 16.0. The van der Waals surface area contributed by atoms with Crippen LogP contribution in [0.2, 0.25) is 0 Å². The Balaban J connectivity index is 0.00000400. The van der Waals surface area contributed by atoms with Crippen LogP contribution in [0.3, 0.4) is 0 Å². The second kappa shape index (κ2) is 14.4. The van der Waals surface area contributed by atoms with Gasteiger partial charge in [-0.15, -0.1) is 12.4 Å². The van der Waals surface area contributed by atoms with Gasteiger partial charge in [-0.2, -0.15) is 0 Å². The zero-order valence-corrected chi connectivity index (χ0v) is 25.9. The van der Waals surface area contributed by atoms with Crippen molar-refractivity contribution in [2.24, 2.45) is 23.3 Å². The van der Waals surface area contributed by atoms with Crippen LogP contribution in [0.25, 0.3) is 22.0 Å². The Morgan fingerprint density at radius 3 is 2.42 bits per heavy atom. The van der Waals surface area contributed by atoms with Gasteiger partial charge in [0.05, 0.1) is 35.8 Å². The van der Waals surface area contributed by atoms with Gasteiger partial charge in [0.25, 0.3) is 11.5 Å². The summed E-state index contributed by atoms with van der Waals surface area (Å²) in [7, 11) is 0. The molecule has 238 valence electrons. The van der Waals surface area contributed by atoms with Crippen LogP contribution in [0.15, 0.2) is 65.6 Å². The molecule has 11 nitrogen and oxygen atoms in total. The smallest absolute Gasteiger partial charge is 0.271 e. The molecule has 6 N–H and O–H groups in total. The maximum absolute atomic E-state index is 13.9. The fourth-order valence-corrected chi connectivity index (χ4v) is 6.26. The summed E-state index contributed by atoms with van der Waals surface area (Å²) >= 11 is 0. The van der Waals surface area contributed by atoms with Crippen molar-refractivity contribution in [3.63, 3.8) is 0 Å². The van der Waals surface area contributed by atoms with Crippen molar-refractivity contribution < 1.29 is 14.3 Å². The van der Waals surface area contributed by atoms with E-state index < -0.39 is 11.9 Å². The summed E-state index contributed by atoms with van der Waals surface area (Å²) in [4.78, 5) is 47.9. The van der Waals surface area contributed by atoms with E-state index in [0.717, 1.165) is 48.4 Å². The molecule has 1 saturated heterocycles. The van der Waals surface area contributed by atoms with E-state index in [2.05, 4.69) is 26.1 Å². The number of aromatic amines is 2. The number of amides is 2. The van der Waals surface area contributed by atoms with Crippen molar-refractivity contribution in [1.29, 1.82) is 0 Å². The van der Waals surface area contributed by atoms with E-state index >= 15 is 0 Å². The molecule has 0 unspecified atom stereocenters. The monoisotopic (exact) mass is 633 g/mol. The summed E-state index contributed by atoms with van der Waals surface area (Å²) in [6.07, 6.45) is 5.13. The van der Waals surface area contributed by atoms with Gasteiger partial charge in [0.1, 0.15) is 5.82 Å². The number of nitrogens with two attached hydrogens (primary N) is 2. The average molecular weight is 634 g/mol. The lowest BCUT2D eigenvalue weighted by atomic mass is 9.81. The van der Waals surface area contributed by atoms with Gasteiger partial charge in [-0.25, -0.2) is 9.88 Å². The molecule has 6 rings (SSSR count). The van der Waals surface area contributed by atoms with Crippen molar-refractivity contribution in [2.45, 2.75) is 38.1 Å². The number of carbonyl (C=O) groups is 2. The molecule has 12 heteroatoms. The van der Waals surface area contributed by atoms with Gasteiger partial charge in [0, 0.05) is 25.2 Å². The van der Waals surface area contributed by atoms with Crippen LogP contribution in [-0.4, -0.2) is 65.9 Å². The van der Waals surface area contributed by atoms with Crippen molar-refractivity contribution >= 4 is 46.6 Å². The molecule has 1 aliphatic carbocycles. The molecular weight excluding hydrogens is 594 g/mol. The number of carbonyl (C=O) groups excluding carboxylic acids is 2. The molecule has 0 bridgehead atoms. The molecular formula is C33H40ClN7O4. The number of imide groups is 1. The van der Waals surface area contributed by atoms with Crippen molar-refractivity contribution in [2.75, 3.05) is 42.6 Å². The van der Waals surface area contributed by atoms with Crippen LogP contribution >= 0.6 is 12.4 Å². The minimum absolute atomic E-state index is 0. The Kier molecular flexibility index (Phi) is 10.3. The van der Waals surface area contributed by atoms with Gasteiger partial charge in [-0.3, -0.25) is 24.6 Å². The lowest BCUT2D eigenvalue weighted by Crippen LogP contribution is -2.50. The van der Waals surface area contributed by atoms with Crippen LogP contribution in [-0.2, 0) is 20.7 Å². The minimum atomic E-state index is -0.944. The largest absolute Gasteiger partial charge is 0.378 e. The van der Waals surface area contributed by atoms with Crippen LogP contribution in [0, 0.1) is 11.8 Å². The average Bonchev–Trinajstić information content (AvgIpc) is 3.45. The Bertz CT molecular complexity index is 1670. The Morgan fingerprint density at radius 2 is 1.71 bits per heavy atom. The van der Waals surface area contributed by atoms with Crippen LogP contribution in [0.1, 0.15) is 31.2 Å². The molecule has 2 amide bonds. The van der Waals surface area contributed by atoms with Crippen molar-refractivity contribution in [3.8, 4) is 11.1 Å². The zero-order chi connectivity index (χ0) is 30.6. The standard InChI is InChI=1S/C33H39N7O4.ClH/c34-20-22-3-7-24(8-4-22)32(42)40(26-9-10-27-29(19-26)37-38-31(27)41)33(43)28(35)17-21-1-5-23(6-2-21)25-11-12-36-30(18-25)39-13-15-44-16-14-39;/h1-2,5-6,9-12,18-19,22,24,28H,3-4,7-8,13-17,20,34-35H2,(H2,37,38,41);1H/t22?,24?,28-;/m0./s1. The van der Waals surface area contributed by atoms with E-state index in [-0.39, 0.29) is 36.2 Å². The molecule has 1 aliphatic heterocycles. The van der Waals surface area contributed by atoms with Gasteiger partial charge < -0.3 is 21.1 Å². The van der Waals surface area contributed by atoms with Gasteiger partial charge in [-0.05, 0) is 91.6 Å². The number of morpholine rings is 1. The second-order valence-electron chi connectivity index (χ2n) is 11.8. The molecule has 4 aromatic rings. The summed E-state index contributed by atoms with van der Waals surface area (Å²) in [6, 6.07) is 16.0. The number of pyridine rings is 1. The summed E-state index contributed by atoms with van der Waals surface area (Å²) in [5.74, 6) is 0.291. The van der Waals surface area contributed by atoms with E-state index in [4.69, 9.17) is 16.2 Å². The van der Waals surface area contributed by atoms with Crippen LogP contribution in [0.5, 0.6) is 0 Å². The number of benzene rings is 2. The lowest BCUT2D eigenvalue weighted by Gasteiger charge is -2.32. The highest BCUT2D eigenvalue weighted by molar-refractivity contribution is 6.17. The van der Waals surface area contributed by atoms with Crippen LogP contribution in [0.4, 0.5) is 11.5 Å². The molecule has 2 aliphatic rings. The third kappa shape index (κ3) is 7.12. The maximum Gasteiger partial charge on any atom is 0.271 e. The number of H-pyrrole nitrogens is 2. The molecule has 2 aromatic carbocycles. The Labute approximate surface area is 267 Å². The number of hydrogen-bond donors (Lipinski definition) is 4. The third-order valence-corrected chi connectivity index (χ3v) is 8.93.